The largest absolute Gasteiger partial charge is 0.372 e. The molecule has 8 nitrogen and oxygen atoms in total. The Labute approximate surface area is 177 Å². The van der Waals surface area contributed by atoms with Crippen molar-refractivity contribution < 1.29 is 14.5 Å². The van der Waals surface area contributed by atoms with Gasteiger partial charge in [-0.05, 0) is 37.6 Å². The molecular formula is C21H22N4O4S. The standard InChI is InChI=1S/C21H22N4O4S/c1-13-11-24(12-14(2)29-13)20(26)16-5-3-15(4-6-16)10-22-21-23-18-8-7-17(25(27)28)9-19(18)30-21/h3-9,13-14H,10-12H2,1-2H3,(H,22,23). The Morgan fingerprint density at radius 2 is 1.93 bits per heavy atom. The van der Waals surface area contributed by atoms with E-state index in [9.17, 15) is 14.9 Å². The summed E-state index contributed by atoms with van der Waals surface area (Å²) in [6.45, 7) is 5.70. The lowest BCUT2D eigenvalue weighted by Gasteiger charge is -2.35. The summed E-state index contributed by atoms with van der Waals surface area (Å²) in [6, 6.07) is 12.2. The molecule has 2 atom stereocenters. The number of rotatable bonds is 5. The smallest absolute Gasteiger partial charge is 0.270 e. The van der Waals surface area contributed by atoms with Crippen LogP contribution in [0.3, 0.4) is 0 Å². The SMILES string of the molecule is CC1CN(C(=O)c2ccc(CNc3nc4ccc([N+](=O)[O-])cc4s3)cc2)CC(C)O1. The van der Waals surface area contributed by atoms with Gasteiger partial charge in [0.15, 0.2) is 5.13 Å². The molecule has 1 aromatic heterocycles. The molecule has 1 amide bonds. The second-order valence-electron chi connectivity index (χ2n) is 7.45. The first-order valence-electron chi connectivity index (χ1n) is 9.71. The van der Waals surface area contributed by atoms with Gasteiger partial charge in [-0.25, -0.2) is 4.98 Å². The number of benzene rings is 2. The van der Waals surface area contributed by atoms with Gasteiger partial charge in [-0.15, -0.1) is 0 Å². The highest BCUT2D eigenvalue weighted by atomic mass is 32.1. The molecule has 9 heteroatoms. The number of fused-ring (bicyclic) bond motifs is 1. The quantitative estimate of drug-likeness (QED) is 0.488. The fourth-order valence-corrected chi connectivity index (χ4v) is 4.47. The monoisotopic (exact) mass is 426 g/mol. The number of ether oxygens (including phenoxy) is 1. The highest BCUT2D eigenvalue weighted by Gasteiger charge is 2.26. The molecule has 3 aromatic rings. The van der Waals surface area contributed by atoms with Crippen LogP contribution in [0.25, 0.3) is 10.2 Å². The zero-order valence-electron chi connectivity index (χ0n) is 16.7. The van der Waals surface area contributed by atoms with Crippen molar-refractivity contribution in [2.75, 3.05) is 18.4 Å². The van der Waals surface area contributed by atoms with Crippen LogP contribution in [0.15, 0.2) is 42.5 Å². The number of hydrogen-bond donors (Lipinski definition) is 1. The lowest BCUT2D eigenvalue weighted by Crippen LogP contribution is -2.48. The molecule has 30 heavy (non-hydrogen) atoms. The average molecular weight is 426 g/mol. The zero-order valence-corrected chi connectivity index (χ0v) is 17.5. The fraction of sp³-hybridized carbons (Fsp3) is 0.333. The van der Waals surface area contributed by atoms with Crippen LogP contribution in [-0.4, -0.2) is 46.0 Å². The number of nitro groups is 1. The number of non-ortho nitro benzene ring substituents is 1. The molecule has 0 bridgehead atoms. The van der Waals surface area contributed by atoms with Crippen molar-refractivity contribution >= 4 is 38.3 Å². The van der Waals surface area contributed by atoms with Crippen LogP contribution in [0, 0.1) is 10.1 Å². The summed E-state index contributed by atoms with van der Waals surface area (Å²) in [5.41, 5.74) is 2.46. The normalized spacial score (nSPS) is 19.1. The number of hydrogen-bond acceptors (Lipinski definition) is 7. The summed E-state index contributed by atoms with van der Waals surface area (Å²) >= 11 is 1.38. The number of thiazole rings is 1. The molecule has 2 aromatic carbocycles. The molecule has 0 saturated carbocycles. The molecule has 4 rings (SSSR count). The predicted octanol–water partition coefficient (Wildman–Crippen LogP) is 4.07. The summed E-state index contributed by atoms with van der Waals surface area (Å²) < 4.78 is 6.46. The van der Waals surface area contributed by atoms with Gasteiger partial charge < -0.3 is 15.0 Å². The van der Waals surface area contributed by atoms with Crippen molar-refractivity contribution in [3.63, 3.8) is 0 Å². The number of morpholine rings is 1. The molecule has 156 valence electrons. The third kappa shape index (κ3) is 4.42. The van der Waals surface area contributed by atoms with E-state index in [-0.39, 0.29) is 23.8 Å². The van der Waals surface area contributed by atoms with Gasteiger partial charge in [0.2, 0.25) is 0 Å². The van der Waals surface area contributed by atoms with E-state index in [1.807, 2.05) is 43.0 Å². The number of aromatic nitrogens is 1. The van der Waals surface area contributed by atoms with Crippen molar-refractivity contribution in [2.45, 2.75) is 32.6 Å². The van der Waals surface area contributed by atoms with E-state index in [0.29, 0.717) is 30.3 Å². The molecule has 0 aliphatic carbocycles. The lowest BCUT2D eigenvalue weighted by molar-refractivity contribution is -0.384. The second kappa shape index (κ2) is 8.37. The van der Waals surface area contributed by atoms with Crippen LogP contribution in [0.1, 0.15) is 29.8 Å². The second-order valence-corrected chi connectivity index (χ2v) is 8.48. The zero-order chi connectivity index (χ0) is 21.3. The van der Waals surface area contributed by atoms with Gasteiger partial charge >= 0.3 is 0 Å². The van der Waals surface area contributed by atoms with Crippen LogP contribution in [0.5, 0.6) is 0 Å². The van der Waals surface area contributed by atoms with Crippen LogP contribution in [0.4, 0.5) is 10.8 Å². The topological polar surface area (TPSA) is 97.6 Å². The first kappa shape index (κ1) is 20.2. The van der Waals surface area contributed by atoms with Crippen LogP contribution in [-0.2, 0) is 11.3 Å². The molecule has 1 N–H and O–H groups in total. The molecule has 0 radical (unpaired) electrons. The van der Waals surface area contributed by atoms with E-state index in [0.717, 1.165) is 15.8 Å². The molecule has 1 aliphatic heterocycles. The van der Waals surface area contributed by atoms with Crippen LogP contribution >= 0.6 is 11.3 Å². The first-order chi connectivity index (χ1) is 14.4. The Hall–Kier alpha value is -3.04. The summed E-state index contributed by atoms with van der Waals surface area (Å²) in [5.74, 6) is 0.0178. The number of carbonyl (C=O) groups excluding carboxylic acids is 1. The van der Waals surface area contributed by atoms with Gasteiger partial charge in [0.1, 0.15) is 0 Å². The molecule has 2 unspecified atom stereocenters. The summed E-state index contributed by atoms with van der Waals surface area (Å²) in [6.07, 6.45) is 0.0767. The molecule has 2 heterocycles. The minimum Gasteiger partial charge on any atom is -0.372 e. The Morgan fingerprint density at radius 3 is 2.60 bits per heavy atom. The van der Waals surface area contributed by atoms with Gasteiger partial charge in [-0.3, -0.25) is 14.9 Å². The minimum absolute atomic E-state index is 0.0178. The Morgan fingerprint density at radius 1 is 1.23 bits per heavy atom. The number of nitrogens with one attached hydrogen (secondary N) is 1. The maximum absolute atomic E-state index is 12.8. The van der Waals surface area contributed by atoms with Gasteiger partial charge in [0.25, 0.3) is 11.6 Å². The Bertz CT molecular complexity index is 1070. The molecule has 1 fully saturated rings. The van der Waals surface area contributed by atoms with Crippen molar-refractivity contribution in [3.05, 3.63) is 63.7 Å². The van der Waals surface area contributed by atoms with E-state index in [1.165, 1.54) is 23.5 Å². The third-order valence-corrected chi connectivity index (χ3v) is 5.91. The highest BCUT2D eigenvalue weighted by Crippen LogP contribution is 2.29. The number of amides is 1. The predicted molar refractivity (Wildman–Crippen MR) is 116 cm³/mol. The highest BCUT2D eigenvalue weighted by molar-refractivity contribution is 7.22. The maximum Gasteiger partial charge on any atom is 0.270 e. The summed E-state index contributed by atoms with van der Waals surface area (Å²) in [4.78, 5) is 29.6. The molecule has 1 aliphatic rings. The lowest BCUT2D eigenvalue weighted by atomic mass is 10.1. The van der Waals surface area contributed by atoms with Crippen molar-refractivity contribution in [1.82, 2.24) is 9.88 Å². The Balaban J connectivity index is 1.39. The van der Waals surface area contributed by atoms with E-state index < -0.39 is 4.92 Å². The minimum atomic E-state index is -0.409. The number of anilines is 1. The van der Waals surface area contributed by atoms with E-state index in [1.54, 1.807) is 6.07 Å². The third-order valence-electron chi connectivity index (χ3n) is 4.93. The molecular weight excluding hydrogens is 404 g/mol. The first-order valence-corrected chi connectivity index (χ1v) is 10.5. The number of carbonyl (C=O) groups is 1. The van der Waals surface area contributed by atoms with Crippen LogP contribution < -0.4 is 5.32 Å². The maximum atomic E-state index is 12.8. The van der Waals surface area contributed by atoms with Crippen molar-refractivity contribution in [2.24, 2.45) is 0 Å². The molecule has 1 saturated heterocycles. The van der Waals surface area contributed by atoms with E-state index in [4.69, 9.17) is 4.74 Å². The summed E-state index contributed by atoms with van der Waals surface area (Å²) in [5, 5.41) is 14.9. The van der Waals surface area contributed by atoms with Gasteiger partial charge in [-0.1, -0.05) is 23.5 Å². The van der Waals surface area contributed by atoms with E-state index in [2.05, 4.69) is 10.3 Å². The summed E-state index contributed by atoms with van der Waals surface area (Å²) in [7, 11) is 0. The fourth-order valence-electron chi connectivity index (χ4n) is 3.57. The number of nitrogens with zero attached hydrogens (tertiary/aromatic N) is 3. The van der Waals surface area contributed by atoms with Crippen molar-refractivity contribution in [3.8, 4) is 0 Å². The average Bonchev–Trinajstić information content (AvgIpc) is 3.13. The van der Waals surface area contributed by atoms with Gasteiger partial charge in [0, 0.05) is 37.3 Å². The Kier molecular flexibility index (Phi) is 5.65. The van der Waals surface area contributed by atoms with Crippen LogP contribution in [0.2, 0.25) is 0 Å². The molecule has 0 spiro atoms. The van der Waals surface area contributed by atoms with Gasteiger partial charge in [-0.2, -0.15) is 0 Å². The number of nitro benzene ring substituents is 1. The van der Waals surface area contributed by atoms with Gasteiger partial charge in [0.05, 0.1) is 27.3 Å². The van der Waals surface area contributed by atoms with E-state index >= 15 is 0 Å². The van der Waals surface area contributed by atoms with Crippen molar-refractivity contribution in [1.29, 1.82) is 0 Å².